The molecule has 4 heteroatoms. The number of carbonyl (C=O) groups excluding carboxylic acids is 2. The van der Waals surface area contributed by atoms with Crippen molar-refractivity contribution in [1.82, 2.24) is 10.2 Å². The van der Waals surface area contributed by atoms with Crippen LogP contribution in [0.25, 0.3) is 0 Å². The highest BCUT2D eigenvalue weighted by atomic mass is 16.1. The second-order valence-electron chi connectivity index (χ2n) is 6.66. The maximum atomic E-state index is 12.0. The van der Waals surface area contributed by atoms with E-state index in [1.807, 2.05) is 0 Å². The molecule has 3 rings (SSSR count). The zero-order valence-corrected chi connectivity index (χ0v) is 12.3. The Morgan fingerprint density at radius 2 is 2.00 bits per heavy atom. The maximum Gasteiger partial charge on any atom is 0.221 e. The molecule has 1 saturated heterocycles. The lowest BCUT2D eigenvalue weighted by Gasteiger charge is -2.38. The fraction of sp³-hybridized carbons (Fsp3) is 0.875. The first kappa shape index (κ1) is 14.1. The maximum absolute atomic E-state index is 12.0. The molecule has 1 N–H and O–H groups in total. The number of hydrogen-bond donors (Lipinski definition) is 1. The van der Waals surface area contributed by atoms with Gasteiger partial charge in [-0.25, -0.2) is 0 Å². The first-order valence-corrected chi connectivity index (χ1v) is 8.30. The minimum Gasteiger partial charge on any atom is -0.353 e. The number of nitrogens with one attached hydrogen (secondary N) is 1. The fourth-order valence-electron chi connectivity index (χ4n) is 3.77. The summed E-state index contributed by atoms with van der Waals surface area (Å²) in [6, 6.07) is 0.864. The molecular weight excluding hydrogens is 252 g/mol. The molecule has 2 unspecified atom stereocenters. The third kappa shape index (κ3) is 3.40. The lowest BCUT2D eigenvalue weighted by Crippen LogP contribution is -2.46. The van der Waals surface area contributed by atoms with Crippen molar-refractivity contribution in [2.45, 2.75) is 69.9 Å². The van der Waals surface area contributed by atoms with Crippen molar-refractivity contribution in [2.24, 2.45) is 5.92 Å². The Hall–Kier alpha value is -0.900. The van der Waals surface area contributed by atoms with Gasteiger partial charge in [-0.3, -0.25) is 14.5 Å². The zero-order chi connectivity index (χ0) is 13.9. The van der Waals surface area contributed by atoms with Gasteiger partial charge < -0.3 is 5.32 Å². The Labute approximate surface area is 121 Å². The smallest absolute Gasteiger partial charge is 0.221 e. The van der Waals surface area contributed by atoms with Crippen LogP contribution in [0.5, 0.6) is 0 Å². The molecule has 0 radical (unpaired) electrons. The lowest BCUT2D eigenvalue weighted by molar-refractivity contribution is -0.123. The number of nitrogens with zero attached hydrogens (tertiary/aromatic N) is 1. The summed E-state index contributed by atoms with van der Waals surface area (Å²) < 4.78 is 0. The molecule has 2 atom stereocenters. The SMILES string of the molecule is O=C(CCN1CCCCC1C1CCCC1=O)NC1CC1. The third-order valence-electron chi connectivity index (χ3n) is 5.05. The second kappa shape index (κ2) is 6.25. The number of ketones is 1. The summed E-state index contributed by atoms with van der Waals surface area (Å²) >= 11 is 0. The van der Waals surface area contributed by atoms with E-state index in [-0.39, 0.29) is 11.8 Å². The predicted molar refractivity (Wildman–Crippen MR) is 77.3 cm³/mol. The van der Waals surface area contributed by atoms with Gasteiger partial charge in [-0.2, -0.15) is 0 Å². The molecule has 20 heavy (non-hydrogen) atoms. The number of rotatable bonds is 5. The van der Waals surface area contributed by atoms with E-state index in [1.54, 1.807) is 0 Å². The molecule has 112 valence electrons. The van der Waals surface area contributed by atoms with Gasteiger partial charge in [0.05, 0.1) is 0 Å². The average Bonchev–Trinajstić information content (AvgIpc) is 3.16. The Morgan fingerprint density at radius 3 is 2.70 bits per heavy atom. The topological polar surface area (TPSA) is 49.4 Å². The average molecular weight is 278 g/mol. The highest BCUT2D eigenvalue weighted by Crippen LogP contribution is 2.32. The van der Waals surface area contributed by atoms with Crippen LogP contribution in [0.4, 0.5) is 0 Å². The zero-order valence-electron chi connectivity index (χ0n) is 12.3. The summed E-state index contributed by atoms with van der Waals surface area (Å²) in [6.07, 6.45) is 9.38. The van der Waals surface area contributed by atoms with Gasteiger partial charge in [0, 0.05) is 37.4 Å². The van der Waals surface area contributed by atoms with Crippen LogP contribution >= 0.6 is 0 Å². The molecule has 0 bridgehead atoms. The number of amides is 1. The monoisotopic (exact) mass is 278 g/mol. The van der Waals surface area contributed by atoms with Crippen molar-refractivity contribution < 1.29 is 9.59 Å². The highest BCUT2D eigenvalue weighted by Gasteiger charge is 2.36. The molecule has 3 aliphatic rings. The largest absolute Gasteiger partial charge is 0.353 e. The summed E-state index contributed by atoms with van der Waals surface area (Å²) in [6.45, 7) is 1.89. The van der Waals surface area contributed by atoms with Crippen LogP contribution in [0.3, 0.4) is 0 Å². The number of hydrogen-bond acceptors (Lipinski definition) is 3. The Morgan fingerprint density at radius 1 is 1.15 bits per heavy atom. The van der Waals surface area contributed by atoms with Crippen LogP contribution < -0.4 is 5.32 Å². The van der Waals surface area contributed by atoms with Crippen molar-refractivity contribution in [3.8, 4) is 0 Å². The Kier molecular flexibility index (Phi) is 4.39. The Balaban J connectivity index is 1.51. The summed E-state index contributed by atoms with van der Waals surface area (Å²) in [5.74, 6) is 0.903. The summed E-state index contributed by atoms with van der Waals surface area (Å²) in [7, 11) is 0. The van der Waals surface area contributed by atoms with Crippen LogP contribution in [-0.4, -0.2) is 41.8 Å². The van der Waals surface area contributed by atoms with E-state index < -0.39 is 0 Å². The molecule has 3 fully saturated rings. The van der Waals surface area contributed by atoms with E-state index in [9.17, 15) is 9.59 Å². The molecule has 1 aliphatic heterocycles. The van der Waals surface area contributed by atoms with E-state index in [4.69, 9.17) is 0 Å². The van der Waals surface area contributed by atoms with Gasteiger partial charge in [0.1, 0.15) is 5.78 Å². The van der Waals surface area contributed by atoms with E-state index >= 15 is 0 Å². The fourth-order valence-corrected chi connectivity index (χ4v) is 3.77. The summed E-state index contributed by atoms with van der Waals surface area (Å²) in [4.78, 5) is 26.2. The minimum atomic E-state index is 0.189. The first-order valence-electron chi connectivity index (χ1n) is 8.30. The minimum absolute atomic E-state index is 0.189. The van der Waals surface area contributed by atoms with Crippen LogP contribution in [0.1, 0.15) is 57.8 Å². The van der Waals surface area contributed by atoms with E-state index in [0.29, 0.717) is 24.3 Å². The van der Waals surface area contributed by atoms with Crippen molar-refractivity contribution in [1.29, 1.82) is 0 Å². The van der Waals surface area contributed by atoms with Gasteiger partial charge >= 0.3 is 0 Å². The lowest BCUT2D eigenvalue weighted by atomic mass is 9.88. The third-order valence-corrected chi connectivity index (χ3v) is 5.05. The van der Waals surface area contributed by atoms with E-state index in [0.717, 1.165) is 51.6 Å². The molecule has 0 aromatic rings. The first-order chi connectivity index (χ1) is 9.74. The summed E-state index contributed by atoms with van der Waals surface area (Å²) in [5.41, 5.74) is 0. The molecule has 1 heterocycles. The number of likely N-dealkylation sites (tertiary alicyclic amines) is 1. The molecule has 0 spiro atoms. The van der Waals surface area contributed by atoms with Crippen molar-refractivity contribution in [3.05, 3.63) is 0 Å². The van der Waals surface area contributed by atoms with Gasteiger partial charge in [-0.15, -0.1) is 0 Å². The normalized spacial score (nSPS) is 31.5. The highest BCUT2D eigenvalue weighted by molar-refractivity contribution is 5.83. The van der Waals surface area contributed by atoms with Gasteiger partial charge in [-0.05, 0) is 45.1 Å². The molecule has 4 nitrogen and oxygen atoms in total. The molecule has 1 amide bonds. The Bertz CT molecular complexity index is 379. The van der Waals surface area contributed by atoms with Crippen LogP contribution in [-0.2, 0) is 9.59 Å². The van der Waals surface area contributed by atoms with Crippen molar-refractivity contribution in [2.75, 3.05) is 13.1 Å². The number of piperidine rings is 1. The van der Waals surface area contributed by atoms with Gasteiger partial charge in [0.25, 0.3) is 0 Å². The standard InChI is InChI=1S/C16H26N2O2/c19-15-6-3-4-13(15)14-5-1-2-10-18(14)11-9-16(20)17-12-7-8-12/h12-14H,1-11H2,(H,17,20). The van der Waals surface area contributed by atoms with Gasteiger partial charge in [-0.1, -0.05) is 6.42 Å². The molecule has 0 aromatic carbocycles. The van der Waals surface area contributed by atoms with E-state index in [2.05, 4.69) is 10.2 Å². The van der Waals surface area contributed by atoms with Gasteiger partial charge in [0.2, 0.25) is 5.91 Å². The summed E-state index contributed by atoms with van der Waals surface area (Å²) in [5, 5.41) is 3.05. The number of carbonyl (C=O) groups is 2. The number of Topliss-reactive ketones (excluding diaryl/α,β-unsaturated/α-hetero) is 1. The van der Waals surface area contributed by atoms with Crippen LogP contribution in [0, 0.1) is 5.92 Å². The van der Waals surface area contributed by atoms with E-state index in [1.165, 1.54) is 12.8 Å². The molecular formula is C16H26N2O2. The van der Waals surface area contributed by atoms with Crippen molar-refractivity contribution >= 4 is 11.7 Å². The van der Waals surface area contributed by atoms with Gasteiger partial charge in [0.15, 0.2) is 0 Å². The van der Waals surface area contributed by atoms with Crippen LogP contribution in [0.2, 0.25) is 0 Å². The molecule has 2 saturated carbocycles. The molecule has 0 aromatic heterocycles. The quantitative estimate of drug-likeness (QED) is 0.835. The van der Waals surface area contributed by atoms with Crippen molar-refractivity contribution in [3.63, 3.8) is 0 Å². The molecule has 2 aliphatic carbocycles. The predicted octanol–water partition coefficient (Wildman–Crippen LogP) is 1.88. The van der Waals surface area contributed by atoms with Crippen LogP contribution in [0.15, 0.2) is 0 Å². The second-order valence-corrected chi connectivity index (χ2v) is 6.66.